The lowest BCUT2D eigenvalue weighted by atomic mass is 10.3. The molecular weight excluding hydrogens is 314 g/mol. The second kappa shape index (κ2) is 5.59. The molecule has 0 N–H and O–H groups in total. The quantitative estimate of drug-likeness (QED) is 0.553. The topological polar surface area (TPSA) is 0 Å². The van der Waals surface area contributed by atoms with Crippen LogP contribution in [0.4, 0.5) is 0 Å². The van der Waals surface area contributed by atoms with Crippen molar-refractivity contribution in [1.82, 2.24) is 0 Å². The summed E-state index contributed by atoms with van der Waals surface area (Å²) in [7, 11) is 0. The lowest BCUT2D eigenvalue weighted by Crippen LogP contribution is -1.93. The van der Waals surface area contributed by atoms with E-state index in [4.69, 9.17) is 0 Å². The molecule has 44 valence electrons. The number of hydrogen-bond acceptors (Lipinski definition) is 0. The zero-order chi connectivity index (χ0) is 5.70. The number of halogens is 2. The normalized spacial score (nSPS) is 14.1. The van der Waals surface area contributed by atoms with Crippen LogP contribution in [0.3, 0.4) is 0 Å². The van der Waals surface area contributed by atoms with E-state index in [0.717, 1.165) is 3.92 Å². The highest BCUT2D eigenvalue weighted by Crippen LogP contribution is 2.10. The van der Waals surface area contributed by atoms with E-state index in [-0.39, 0.29) is 0 Å². The summed E-state index contributed by atoms with van der Waals surface area (Å²) in [5, 5.41) is 0. The molecule has 0 rings (SSSR count). The summed E-state index contributed by atoms with van der Waals surface area (Å²) in [5.74, 6) is 0. The molecule has 0 aromatic heterocycles. The first kappa shape index (κ1) is 8.46. The molecule has 0 heterocycles. The molecular formula is C5H10I2. The molecule has 0 amide bonds. The summed E-state index contributed by atoms with van der Waals surface area (Å²) in [6.07, 6.45) is 2.70. The Bertz CT molecular complexity index is 37.1. The van der Waals surface area contributed by atoms with E-state index < -0.39 is 0 Å². The summed E-state index contributed by atoms with van der Waals surface area (Å²) in [6.45, 7) is 2.24. The van der Waals surface area contributed by atoms with Gasteiger partial charge < -0.3 is 0 Å². The second-order valence-electron chi connectivity index (χ2n) is 1.48. The van der Waals surface area contributed by atoms with Gasteiger partial charge in [-0.1, -0.05) is 52.1 Å². The Morgan fingerprint density at radius 2 is 2.14 bits per heavy atom. The predicted molar refractivity (Wildman–Crippen MR) is 51.6 cm³/mol. The molecule has 0 unspecified atom stereocenters. The van der Waals surface area contributed by atoms with Crippen LogP contribution in [0, 0.1) is 0 Å². The molecule has 0 bridgehead atoms. The molecule has 0 aromatic rings. The average molecular weight is 324 g/mol. The fourth-order valence-corrected chi connectivity index (χ4v) is 2.58. The summed E-state index contributed by atoms with van der Waals surface area (Å²) in [5.41, 5.74) is 0. The highest BCUT2D eigenvalue weighted by Gasteiger charge is 1.95. The molecule has 0 fully saturated rings. The van der Waals surface area contributed by atoms with Crippen LogP contribution >= 0.6 is 45.2 Å². The Morgan fingerprint density at radius 3 is 2.29 bits per heavy atom. The number of alkyl halides is 2. The molecule has 0 saturated heterocycles. The van der Waals surface area contributed by atoms with Crippen molar-refractivity contribution in [2.75, 3.05) is 4.43 Å². The maximum Gasteiger partial charge on any atom is 0.0114 e. The second-order valence-corrected chi connectivity index (χ2v) is 4.32. The van der Waals surface area contributed by atoms with E-state index in [1.807, 2.05) is 0 Å². The molecule has 0 radical (unpaired) electrons. The van der Waals surface area contributed by atoms with Crippen molar-refractivity contribution in [2.45, 2.75) is 23.7 Å². The molecule has 0 nitrogen and oxygen atoms in total. The third kappa shape index (κ3) is 5.33. The van der Waals surface area contributed by atoms with Gasteiger partial charge in [0.05, 0.1) is 0 Å². The van der Waals surface area contributed by atoms with Crippen molar-refractivity contribution < 1.29 is 0 Å². The number of hydrogen-bond donors (Lipinski definition) is 0. The smallest absolute Gasteiger partial charge is 0.0114 e. The van der Waals surface area contributed by atoms with Crippen LogP contribution in [-0.4, -0.2) is 8.35 Å². The van der Waals surface area contributed by atoms with Crippen LogP contribution in [0.2, 0.25) is 0 Å². The molecule has 0 aliphatic carbocycles. The minimum atomic E-state index is 0.912. The maximum atomic E-state index is 2.50. The van der Waals surface area contributed by atoms with Crippen molar-refractivity contribution in [3.8, 4) is 0 Å². The van der Waals surface area contributed by atoms with Crippen LogP contribution in [0.25, 0.3) is 0 Å². The van der Waals surface area contributed by atoms with Gasteiger partial charge in [-0.2, -0.15) is 0 Å². The molecule has 0 saturated carbocycles. The standard InChI is InChI=1S/C5H10I2/c1-2-5(7)3-4-6/h5H,2-4H2,1H3/t5-/m0/s1. The first-order valence-electron chi connectivity index (χ1n) is 2.51. The van der Waals surface area contributed by atoms with E-state index in [9.17, 15) is 0 Å². The molecule has 7 heavy (non-hydrogen) atoms. The minimum Gasteiger partial charge on any atom is -0.0863 e. The van der Waals surface area contributed by atoms with Crippen LogP contribution in [-0.2, 0) is 0 Å². The maximum absolute atomic E-state index is 2.50. The summed E-state index contributed by atoms with van der Waals surface area (Å²) in [6, 6.07) is 0. The molecule has 0 aliphatic rings. The number of rotatable bonds is 3. The lowest BCUT2D eigenvalue weighted by Gasteiger charge is -1.99. The van der Waals surface area contributed by atoms with Crippen LogP contribution in [0.5, 0.6) is 0 Å². The third-order valence-electron chi connectivity index (χ3n) is 0.865. The van der Waals surface area contributed by atoms with Gasteiger partial charge in [-0.15, -0.1) is 0 Å². The minimum absolute atomic E-state index is 0.912. The van der Waals surface area contributed by atoms with E-state index in [1.165, 1.54) is 17.3 Å². The SMILES string of the molecule is CC[C@H](I)CCI. The van der Waals surface area contributed by atoms with E-state index >= 15 is 0 Å². The monoisotopic (exact) mass is 324 g/mol. The highest BCUT2D eigenvalue weighted by atomic mass is 127. The van der Waals surface area contributed by atoms with Crippen molar-refractivity contribution in [1.29, 1.82) is 0 Å². The van der Waals surface area contributed by atoms with Gasteiger partial charge in [0.1, 0.15) is 0 Å². The van der Waals surface area contributed by atoms with E-state index in [1.54, 1.807) is 0 Å². The lowest BCUT2D eigenvalue weighted by molar-refractivity contribution is 0.834. The zero-order valence-electron chi connectivity index (χ0n) is 4.45. The van der Waals surface area contributed by atoms with Crippen molar-refractivity contribution in [3.05, 3.63) is 0 Å². The average Bonchev–Trinajstić information content (AvgIpc) is 1.68. The van der Waals surface area contributed by atoms with Crippen molar-refractivity contribution in [3.63, 3.8) is 0 Å². The van der Waals surface area contributed by atoms with Gasteiger partial charge in [-0.25, -0.2) is 0 Å². The highest BCUT2D eigenvalue weighted by molar-refractivity contribution is 14.1. The molecule has 0 aliphatic heterocycles. The molecule has 0 aromatic carbocycles. The first-order valence-corrected chi connectivity index (χ1v) is 5.28. The van der Waals surface area contributed by atoms with Gasteiger partial charge in [-0.05, 0) is 12.8 Å². The van der Waals surface area contributed by atoms with Gasteiger partial charge in [0, 0.05) is 8.35 Å². The van der Waals surface area contributed by atoms with E-state index in [0.29, 0.717) is 0 Å². The molecule has 2 heteroatoms. The van der Waals surface area contributed by atoms with E-state index in [2.05, 4.69) is 52.1 Å². The fraction of sp³-hybridized carbons (Fsp3) is 1.00. The Hall–Kier alpha value is 1.46. The Morgan fingerprint density at radius 1 is 1.57 bits per heavy atom. The molecule has 0 spiro atoms. The fourth-order valence-electron chi connectivity index (χ4n) is 0.323. The van der Waals surface area contributed by atoms with Gasteiger partial charge in [-0.3, -0.25) is 0 Å². The summed E-state index contributed by atoms with van der Waals surface area (Å²) < 4.78 is 2.22. The van der Waals surface area contributed by atoms with Crippen molar-refractivity contribution >= 4 is 45.2 Å². The zero-order valence-corrected chi connectivity index (χ0v) is 8.77. The van der Waals surface area contributed by atoms with Gasteiger partial charge in [0.25, 0.3) is 0 Å². The summed E-state index contributed by atoms with van der Waals surface area (Å²) in [4.78, 5) is 0. The Labute approximate surface area is 72.7 Å². The van der Waals surface area contributed by atoms with Crippen LogP contribution < -0.4 is 0 Å². The Kier molecular flexibility index (Phi) is 6.76. The van der Waals surface area contributed by atoms with Crippen molar-refractivity contribution in [2.24, 2.45) is 0 Å². The van der Waals surface area contributed by atoms with Gasteiger partial charge in [0.15, 0.2) is 0 Å². The first-order chi connectivity index (χ1) is 3.31. The molecule has 1 atom stereocenters. The van der Waals surface area contributed by atoms with Gasteiger partial charge in [0.2, 0.25) is 0 Å². The van der Waals surface area contributed by atoms with Crippen LogP contribution in [0.1, 0.15) is 19.8 Å². The Balaban J connectivity index is 2.83. The third-order valence-corrected chi connectivity index (χ3v) is 2.99. The predicted octanol–water partition coefficient (Wildman–Crippen LogP) is 3.03. The van der Waals surface area contributed by atoms with Crippen LogP contribution in [0.15, 0.2) is 0 Å². The summed E-state index contributed by atoms with van der Waals surface area (Å²) >= 11 is 4.92. The van der Waals surface area contributed by atoms with Gasteiger partial charge >= 0.3 is 0 Å². The largest absolute Gasteiger partial charge is 0.0863 e.